The number of carbonyl (C=O) groups is 1. The summed E-state index contributed by atoms with van der Waals surface area (Å²) in [4.78, 5) is 10.6. The summed E-state index contributed by atoms with van der Waals surface area (Å²) in [6.07, 6.45) is 8.89. The SMILES string of the molecule is C=C(C)[C@@H](O)[CH][CH][CH][CH]/C=C/C(=O)OC. The Bertz CT molecular complexity index is 231. The molecule has 3 heteroatoms. The quantitative estimate of drug-likeness (QED) is 0.298. The molecule has 0 unspecified atom stereocenters. The highest BCUT2D eigenvalue weighted by atomic mass is 16.5. The first-order valence-electron chi connectivity index (χ1n) is 4.51. The molecule has 0 saturated carbocycles. The highest BCUT2D eigenvalue weighted by Crippen LogP contribution is 2.06. The lowest BCUT2D eigenvalue weighted by atomic mass is 10.1. The third-order valence-electron chi connectivity index (χ3n) is 1.57. The Labute approximate surface area is 91.4 Å². The van der Waals surface area contributed by atoms with Gasteiger partial charge in [0.2, 0.25) is 0 Å². The van der Waals surface area contributed by atoms with Gasteiger partial charge in [0.05, 0.1) is 13.2 Å². The minimum Gasteiger partial charge on any atom is -0.466 e. The van der Waals surface area contributed by atoms with Gasteiger partial charge in [0, 0.05) is 6.08 Å². The van der Waals surface area contributed by atoms with Crippen molar-refractivity contribution in [1.29, 1.82) is 0 Å². The summed E-state index contributed by atoms with van der Waals surface area (Å²) in [7, 11) is 1.32. The average Bonchev–Trinajstić information content (AvgIpc) is 2.22. The summed E-state index contributed by atoms with van der Waals surface area (Å²) < 4.78 is 4.40. The van der Waals surface area contributed by atoms with Crippen LogP contribution in [0.3, 0.4) is 0 Å². The van der Waals surface area contributed by atoms with Crippen LogP contribution in [-0.2, 0) is 9.53 Å². The molecule has 0 saturated heterocycles. The molecule has 0 aromatic rings. The maximum absolute atomic E-state index is 10.6. The summed E-state index contributed by atoms with van der Waals surface area (Å²) in [5.74, 6) is -0.398. The van der Waals surface area contributed by atoms with Gasteiger partial charge in [-0.25, -0.2) is 4.79 Å². The molecular weight excluding hydrogens is 192 g/mol. The number of unbranched alkanes of at least 4 members (excludes halogenated alkanes) is 2. The van der Waals surface area contributed by atoms with Crippen molar-refractivity contribution in [2.24, 2.45) is 0 Å². The Kier molecular flexibility index (Phi) is 7.64. The van der Waals surface area contributed by atoms with Gasteiger partial charge in [-0.05, 0) is 32.6 Å². The Morgan fingerprint density at radius 1 is 1.40 bits per heavy atom. The zero-order valence-corrected chi connectivity index (χ0v) is 9.01. The Hall–Kier alpha value is -1.09. The van der Waals surface area contributed by atoms with Crippen LogP contribution >= 0.6 is 0 Å². The van der Waals surface area contributed by atoms with Crippen LogP contribution in [0.4, 0.5) is 0 Å². The van der Waals surface area contributed by atoms with E-state index in [1.54, 1.807) is 38.7 Å². The second-order valence-corrected chi connectivity index (χ2v) is 2.94. The van der Waals surface area contributed by atoms with E-state index in [1.165, 1.54) is 13.2 Å². The molecule has 0 bridgehead atoms. The Morgan fingerprint density at radius 3 is 2.60 bits per heavy atom. The van der Waals surface area contributed by atoms with E-state index in [0.717, 1.165) is 0 Å². The predicted molar refractivity (Wildman–Crippen MR) is 59.2 cm³/mol. The molecule has 0 aliphatic heterocycles. The maximum Gasteiger partial charge on any atom is 0.330 e. The summed E-state index contributed by atoms with van der Waals surface area (Å²) in [5.41, 5.74) is 0.685. The lowest BCUT2D eigenvalue weighted by molar-refractivity contribution is -0.134. The van der Waals surface area contributed by atoms with Crippen molar-refractivity contribution in [3.63, 3.8) is 0 Å². The molecule has 1 atom stereocenters. The van der Waals surface area contributed by atoms with Crippen molar-refractivity contribution >= 4 is 5.97 Å². The lowest BCUT2D eigenvalue weighted by Gasteiger charge is -2.07. The van der Waals surface area contributed by atoms with E-state index < -0.39 is 12.1 Å². The highest BCUT2D eigenvalue weighted by Gasteiger charge is 2.03. The molecule has 15 heavy (non-hydrogen) atoms. The van der Waals surface area contributed by atoms with E-state index in [1.807, 2.05) is 0 Å². The van der Waals surface area contributed by atoms with E-state index >= 15 is 0 Å². The molecule has 0 aromatic carbocycles. The van der Waals surface area contributed by atoms with Gasteiger partial charge < -0.3 is 9.84 Å². The van der Waals surface area contributed by atoms with Crippen LogP contribution in [0.2, 0.25) is 0 Å². The molecule has 0 aromatic heterocycles. The van der Waals surface area contributed by atoms with Crippen molar-refractivity contribution in [3.05, 3.63) is 50.0 Å². The zero-order chi connectivity index (χ0) is 11.7. The van der Waals surface area contributed by atoms with Gasteiger partial charge >= 0.3 is 5.97 Å². The second kappa shape index (κ2) is 8.24. The van der Waals surface area contributed by atoms with Gasteiger partial charge in [0.1, 0.15) is 0 Å². The van der Waals surface area contributed by atoms with Gasteiger partial charge in [-0.2, -0.15) is 0 Å². The normalized spacial score (nSPS) is 12.7. The van der Waals surface area contributed by atoms with Crippen molar-refractivity contribution < 1.29 is 14.6 Å². The van der Waals surface area contributed by atoms with Crippen LogP contribution < -0.4 is 0 Å². The first kappa shape index (κ1) is 13.9. The summed E-state index contributed by atoms with van der Waals surface area (Å²) in [5, 5.41) is 9.30. The molecule has 0 aliphatic rings. The summed E-state index contributed by atoms with van der Waals surface area (Å²) >= 11 is 0. The fourth-order valence-electron chi connectivity index (χ4n) is 0.664. The van der Waals surface area contributed by atoms with E-state index in [4.69, 9.17) is 0 Å². The number of hydrogen-bond donors (Lipinski definition) is 1. The fraction of sp³-hybridized carbons (Fsp3) is 0.250. The molecule has 1 N–H and O–H groups in total. The van der Waals surface area contributed by atoms with Crippen LogP contribution in [-0.4, -0.2) is 24.3 Å². The van der Waals surface area contributed by atoms with Gasteiger partial charge in [-0.3, -0.25) is 0 Å². The standard InChI is InChI=1S/C12H16O3/c1-10(2)11(13)8-6-4-5-7-9-12(14)15-3/h4-9,11,13H,1H2,2-3H3/b9-7+/t11-/m0/s1. The van der Waals surface area contributed by atoms with Crippen LogP contribution in [0, 0.1) is 25.7 Å². The van der Waals surface area contributed by atoms with Crippen molar-refractivity contribution in [2.45, 2.75) is 13.0 Å². The number of aliphatic hydroxyl groups excluding tert-OH is 1. The van der Waals surface area contributed by atoms with E-state index in [9.17, 15) is 9.90 Å². The number of hydrogen-bond acceptors (Lipinski definition) is 3. The van der Waals surface area contributed by atoms with Crippen molar-refractivity contribution in [2.75, 3.05) is 7.11 Å². The zero-order valence-electron chi connectivity index (χ0n) is 9.01. The number of ether oxygens (including phenoxy) is 1. The molecule has 0 amide bonds. The van der Waals surface area contributed by atoms with Crippen molar-refractivity contribution in [3.8, 4) is 0 Å². The average molecular weight is 208 g/mol. The lowest BCUT2D eigenvalue weighted by Crippen LogP contribution is -2.08. The van der Waals surface area contributed by atoms with Crippen LogP contribution in [0.25, 0.3) is 0 Å². The monoisotopic (exact) mass is 208 g/mol. The molecule has 4 radical (unpaired) electrons. The molecule has 82 valence electrons. The molecular formula is C12H16O3. The number of esters is 1. The van der Waals surface area contributed by atoms with Crippen LogP contribution in [0.5, 0.6) is 0 Å². The minimum absolute atomic E-state index is 0.398. The van der Waals surface area contributed by atoms with E-state index in [0.29, 0.717) is 5.57 Å². The van der Waals surface area contributed by atoms with Gasteiger partial charge in [-0.1, -0.05) is 18.2 Å². The minimum atomic E-state index is -0.626. The van der Waals surface area contributed by atoms with E-state index in [-0.39, 0.29) is 0 Å². The first-order chi connectivity index (χ1) is 7.07. The number of allylic oxidation sites excluding steroid dienone is 1. The number of carbonyl (C=O) groups excluding carboxylic acids is 1. The fourth-order valence-corrected chi connectivity index (χ4v) is 0.664. The molecule has 0 rings (SSSR count). The number of aliphatic hydroxyl groups is 1. The maximum atomic E-state index is 10.6. The topological polar surface area (TPSA) is 46.5 Å². The molecule has 0 heterocycles. The molecule has 0 aliphatic carbocycles. The summed E-state index contributed by atoms with van der Waals surface area (Å²) in [6.45, 7) is 5.35. The number of rotatable bonds is 7. The third kappa shape index (κ3) is 7.94. The van der Waals surface area contributed by atoms with Crippen LogP contribution in [0.15, 0.2) is 24.3 Å². The Balaban J connectivity index is 3.43. The molecule has 0 fully saturated rings. The smallest absolute Gasteiger partial charge is 0.330 e. The second-order valence-electron chi connectivity index (χ2n) is 2.94. The highest BCUT2D eigenvalue weighted by molar-refractivity contribution is 5.82. The summed E-state index contributed by atoms with van der Waals surface area (Å²) in [6, 6.07) is 0. The largest absolute Gasteiger partial charge is 0.466 e. The Morgan fingerprint density at radius 2 is 2.07 bits per heavy atom. The molecule has 3 nitrogen and oxygen atoms in total. The predicted octanol–water partition coefficient (Wildman–Crippen LogP) is 1.47. The van der Waals surface area contributed by atoms with Gasteiger partial charge in [0.15, 0.2) is 0 Å². The third-order valence-corrected chi connectivity index (χ3v) is 1.57. The first-order valence-corrected chi connectivity index (χ1v) is 4.51. The van der Waals surface area contributed by atoms with E-state index in [2.05, 4.69) is 11.3 Å². The number of methoxy groups -OCH3 is 1. The van der Waals surface area contributed by atoms with Gasteiger partial charge in [-0.15, -0.1) is 0 Å². The van der Waals surface area contributed by atoms with Crippen LogP contribution in [0.1, 0.15) is 6.92 Å². The molecule has 0 spiro atoms. The van der Waals surface area contributed by atoms with Crippen molar-refractivity contribution in [1.82, 2.24) is 0 Å². The van der Waals surface area contributed by atoms with Gasteiger partial charge in [0.25, 0.3) is 0 Å².